The van der Waals surface area contributed by atoms with Crippen LogP contribution in [0.4, 0.5) is 0 Å². The fourth-order valence-corrected chi connectivity index (χ4v) is 1.52. The molecule has 0 spiro atoms. The third-order valence-corrected chi connectivity index (χ3v) is 2.61. The van der Waals surface area contributed by atoms with Gasteiger partial charge in [0.15, 0.2) is 0 Å². The van der Waals surface area contributed by atoms with Crippen LogP contribution in [0.2, 0.25) is 0 Å². The normalized spacial score (nSPS) is 17.3. The number of hydrogen-bond acceptors (Lipinski definition) is 3. The molecule has 0 radical (unpaired) electrons. The van der Waals surface area contributed by atoms with Crippen molar-refractivity contribution in [1.29, 1.82) is 0 Å². The standard InChI is InChI=1S/C10H16N2O/c1-2-11-7-10-12-6-9(13-10)8-4-3-5-8/h6,8,11H,2-5,7H2,1H3. The summed E-state index contributed by atoms with van der Waals surface area (Å²) < 4.78 is 5.62. The van der Waals surface area contributed by atoms with Crippen LogP contribution in [-0.2, 0) is 6.54 Å². The molecular formula is C10H16N2O. The highest BCUT2D eigenvalue weighted by atomic mass is 16.4. The van der Waals surface area contributed by atoms with Gasteiger partial charge in [0, 0.05) is 5.92 Å². The minimum atomic E-state index is 0.655. The van der Waals surface area contributed by atoms with E-state index in [1.807, 2.05) is 6.20 Å². The summed E-state index contributed by atoms with van der Waals surface area (Å²) in [6.45, 7) is 3.79. The predicted octanol–water partition coefficient (Wildman–Crippen LogP) is 2.05. The summed E-state index contributed by atoms with van der Waals surface area (Å²) in [4.78, 5) is 4.23. The second-order valence-corrected chi connectivity index (χ2v) is 3.56. The molecule has 1 aliphatic rings. The van der Waals surface area contributed by atoms with E-state index in [1.165, 1.54) is 19.3 Å². The molecule has 0 amide bonds. The molecule has 13 heavy (non-hydrogen) atoms. The van der Waals surface area contributed by atoms with E-state index in [0.717, 1.165) is 24.7 Å². The Morgan fingerprint density at radius 1 is 1.62 bits per heavy atom. The van der Waals surface area contributed by atoms with E-state index in [4.69, 9.17) is 4.42 Å². The van der Waals surface area contributed by atoms with E-state index in [1.54, 1.807) is 0 Å². The molecule has 72 valence electrons. The monoisotopic (exact) mass is 180 g/mol. The van der Waals surface area contributed by atoms with E-state index in [-0.39, 0.29) is 0 Å². The Kier molecular flexibility index (Phi) is 2.64. The third kappa shape index (κ3) is 1.91. The highest BCUT2D eigenvalue weighted by Crippen LogP contribution is 2.36. The molecule has 0 saturated heterocycles. The summed E-state index contributed by atoms with van der Waals surface area (Å²) in [5.41, 5.74) is 0. The highest BCUT2D eigenvalue weighted by Gasteiger charge is 2.23. The van der Waals surface area contributed by atoms with Crippen molar-refractivity contribution in [2.75, 3.05) is 6.54 Å². The van der Waals surface area contributed by atoms with Crippen LogP contribution < -0.4 is 5.32 Å². The second-order valence-electron chi connectivity index (χ2n) is 3.56. The van der Waals surface area contributed by atoms with Crippen LogP contribution in [-0.4, -0.2) is 11.5 Å². The Morgan fingerprint density at radius 3 is 3.08 bits per heavy atom. The van der Waals surface area contributed by atoms with Crippen molar-refractivity contribution in [3.05, 3.63) is 17.8 Å². The van der Waals surface area contributed by atoms with Crippen molar-refractivity contribution < 1.29 is 4.42 Å². The zero-order valence-electron chi connectivity index (χ0n) is 8.05. The molecule has 0 aromatic carbocycles. The maximum Gasteiger partial charge on any atom is 0.208 e. The largest absolute Gasteiger partial charge is 0.444 e. The Balaban J connectivity index is 1.92. The Morgan fingerprint density at radius 2 is 2.46 bits per heavy atom. The number of hydrogen-bond donors (Lipinski definition) is 1. The summed E-state index contributed by atoms with van der Waals surface area (Å²) in [6, 6.07) is 0. The van der Waals surface area contributed by atoms with Gasteiger partial charge in [0.2, 0.25) is 5.89 Å². The molecule has 1 aromatic heterocycles. The summed E-state index contributed by atoms with van der Waals surface area (Å²) >= 11 is 0. The molecule has 3 heteroatoms. The molecule has 1 aromatic rings. The maximum atomic E-state index is 5.62. The van der Waals surface area contributed by atoms with Gasteiger partial charge < -0.3 is 9.73 Å². The Bertz CT molecular complexity index is 266. The van der Waals surface area contributed by atoms with Gasteiger partial charge in [0.05, 0.1) is 12.7 Å². The SMILES string of the molecule is CCNCc1ncc(C2CCC2)o1. The molecule has 1 heterocycles. The van der Waals surface area contributed by atoms with Gasteiger partial charge in [-0.1, -0.05) is 13.3 Å². The van der Waals surface area contributed by atoms with Crippen LogP contribution in [0.3, 0.4) is 0 Å². The van der Waals surface area contributed by atoms with Crippen molar-refractivity contribution in [3.8, 4) is 0 Å². The van der Waals surface area contributed by atoms with Crippen molar-refractivity contribution in [2.45, 2.75) is 38.6 Å². The summed E-state index contributed by atoms with van der Waals surface area (Å²) in [5.74, 6) is 2.56. The van der Waals surface area contributed by atoms with Crippen molar-refractivity contribution in [3.63, 3.8) is 0 Å². The van der Waals surface area contributed by atoms with Crippen LogP contribution in [0, 0.1) is 0 Å². The Labute approximate surface area is 78.5 Å². The molecule has 2 rings (SSSR count). The van der Waals surface area contributed by atoms with Crippen LogP contribution in [0.15, 0.2) is 10.6 Å². The van der Waals surface area contributed by atoms with Gasteiger partial charge in [0.1, 0.15) is 5.76 Å². The number of aromatic nitrogens is 1. The molecule has 0 atom stereocenters. The van der Waals surface area contributed by atoms with E-state index >= 15 is 0 Å². The smallest absolute Gasteiger partial charge is 0.208 e. The number of nitrogens with zero attached hydrogens (tertiary/aromatic N) is 1. The van der Waals surface area contributed by atoms with E-state index in [9.17, 15) is 0 Å². The molecule has 1 fully saturated rings. The van der Waals surface area contributed by atoms with Crippen LogP contribution in [0.25, 0.3) is 0 Å². The Hall–Kier alpha value is -0.830. The first kappa shape index (κ1) is 8.75. The molecular weight excluding hydrogens is 164 g/mol. The van der Waals surface area contributed by atoms with Crippen molar-refractivity contribution >= 4 is 0 Å². The lowest BCUT2D eigenvalue weighted by atomic mass is 9.84. The average molecular weight is 180 g/mol. The molecule has 0 aliphatic heterocycles. The molecule has 0 bridgehead atoms. The molecule has 1 saturated carbocycles. The quantitative estimate of drug-likeness (QED) is 0.770. The first-order valence-electron chi connectivity index (χ1n) is 5.05. The fraction of sp³-hybridized carbons (Fsp3) is 0.700. The lowest BCUT2D eigenvalue weighted by Crippen LogP contribution is -2.11. The molecule has 1 N–H and O–H groups in total. The second kappa shape index (κ2) is 3.92. The minimum Gasteiger partial charge on any atom is -0.444 e. The molecule has 1 aliphatic carbocycles. The lowest BCUT2D eigenvalue weighted by molar-refractivity contribution is 0.331. The van der Waals surface area contributed by atoms with Crippen molar-refractivity contribution in [2.24, 2.45) is 0 Å². The highest BCUT2D eigenvalue weighted by molar-refractivity contribution is 5.05. The van der Waals surface area contributed by atoms with Crippen LogP contribution in [0.5, 0.6) is 0 Å². The summed E-state index contributed by atoms with van der Waals surface area (Å²) in [7, 11) is 0. The first-order chi connectivity index (χ1) is 6.40. The number of oxazole rings is 1. The van der Waals surface area contributed by atoms with Gasteiger partial charge >= 0.3 is 0 Å². The maximum absolute atomic E-state index is 5.62. The summed E-state index contributed by atoms with van der Waals surface area (Å²) in [5, 5.41) is 3.20. The van der Waals surface area contributed by atoms with Gasteiger partial charge in [-0.2, -0.15) is 0 Å². The van der Waals surface area contributed by atoms with E-state index in [2.05, 4.69) is 17.2 Å². The third-order valence-electron chi connectivity index (χ3n) is 2.61. The number of rotatable bonds is 4. The first-order valence-corrected chi connectivity index (χ1v) is 5.05. The van der Waals surface area contributed by atoms with E-state index in [0.29, 0.717) is 5.92 Å². The fourth-order valence-electron chi connectivity index (χ4n) is 1.52. The van der Waals surface area contributed by atoms with Gasteiger partial charge in [-0.15, -0.1) is 0 Å². The van der Waals surface area contributed by atoms with Crippen LogP contribution >= 0.6 is 0 Å². The van der Waals surface area contributed by atoms with Gasteiger partial charge in [0.25, 0.3) is 0 Å². The zero-order chi connectivity index (χ0) is 9.10. The van der Waals surface area contributed by atoms with Crippen molar-refractivity contribution in [1.82, 2.24) is 10.3 Å². The lowest BCUT2D eigenvalue weighted by Gasteiger charge is -2.22. The molecule has 0 unspecified atom stereocenters. The van der Waals surface area contributed by atoms with Crippen LogP contribution in [0.1, 0.15) is 43.8 Å². The minimum absolute atomic E-state index is 0.655. The topological polar surface area (TPSA) is 38.1 Å². The zero-order valence-corrected chi connectivity index (χ0v) is 8.05. The average Bonchev–Trinajstić information content (AvgIpc) is 2.46. The molecule has 3 nitrogen and oxygen atoms in total. The van der Waals surface area contributed by atoms with Gasteiger partial charge in [-0.25, -0.2) is 4.98 Å². The van der Waals surface area contributed by atoms with Gasteiger partial charge in [-0.05, 0) is 19.4 Å². The van der Waals surface area contributed by atoms with E-state index < -0.39 is 0 Å². The summed E-state index contributed by atoms with van der Waals surface area (Å²) in [6.07, 6.45) is 5.77. The predicted molar refractivity (Wildman–Crippen MR) is 50.5 cm³/mol. The van der Waals surface area contributed by atoms with Gasteiger partial charge in [-0.3, -0.25) is 0 Å². The number of nitrogens with one attached hydrogen (secondary N) is 1.